The van der Waals surface area contributed by atoms with Gasteiger partial charge in [0.2, 0.25) is 0 Å². The molecule has 10 atom stereocenters. The summed E-state index contributed by atoms with van der Waals surface area (Å²) in [6.45, 7) is 3.34. The summed E-state index contributed by atoms with van der Waals surface area (Å²) in [5.74, 6) is -1.02. The maximum absolute atomic E-state index is 12.3. The maximum Gasteiger partial charge on any atom is 0.305 e. The van der Waals surface area contributed by atoms with Gasteiger partial charge in [0.1, 0.15) is 62.0 Å². The van der Waals surface area contributed by atoms with Gasteiger partial charge in [-0.3, -0.25) is 9.59 Å². The van der Waals surface area contributed by atoms with E-state index >= 15 is 0 Å². The lowest BCUT2D eigenvalue weighted by Crippen LogP contribution is -2.64. The zero-order valence-corrected chi connectivity index (χ0v) is 28.2. The molecular weight excluding hydrogens is 616 g/mol. The third kappa shape index (κ3) is 15.2. The fraction of sp³-hybridized carbons (Fsp3) is 0.882. The second-order valence-electron chi connectivity index (χ2n) is 12.6. The predicted octanol–water partition coefficient (Wildman–Crippen LogP) is 2.54. The molecule has 0 aromatic heterocycles. The minimum atomic E-state index is -1.80. The molecule has 0 amide bonds. The van der Waals surface area contributed by atoms with Crippen molar-refractivity contribution >= 4 is 11.9 Å². The van der Waals surface area contributed by atoms with Crippen molar-refractivity contribution in [3.05, 3.63) is 12.2 Å². The molecule has 0 aromatic carbocycles. The van der Waals surface area contributed by atoms with Gasteiger partial charge in [0.05, 0.1) is 0 Å². The van der Waals surface area contributed by atoms with Gasteiger partial charge in [-0.15, -0.1) is 0 Å². The van der Waals surface area contributed by atoms with E-state index in [1.165, 1.54) is 32.1 Å². The molecule has 0 radical (unpaired) electrons. The molecule has 13 nitrogen and oxygen atoms in total. The molecule has 2 rings (SSSR count). The second kappa shape index (κ2) is 23.6. The van der Waals surface area contributed by atoms with E-state index in [9.17, 15) is 40.2 Å². The largest absolute Gasteiger partial charge is 0.463 e. The number of esters is 2. The Hall–Kier alpha value is -1.68. The van der Waals surface area contributed by atoms with E-state index in [0.29, 0.717) is 12.8 Å². The molecule has 2 saturated heterocycles. The van der Waals surface area contributed by atoms with E-state index in [-0.39, 0.29) is 12.8 Å². The first-order chi connectivity index (χ1) is 22.6. The van der Waals surface area contributed by atoms with Crippen molar-refractivity contribution in [1.29, 1.82) is 0 Å². The zero-order chi connectivity index (χ0) is 34.6. The lowest BCUT2D eigenvalue weighted by molar-refractivity contribution is -0.376. The van der Waals surface area contributed by atoms with Crippen LogP contribution in [0.2, 0.25) is 0 Å². The number of hydrogen-bond acceptors (Lipinski definition) is 13. The van der Waals surface area contributed by atoms with Crippen molar-refractivity contribution < 1.29 is 63.9 Å². The smallest absolute Gasteiger partial charge is 0.305 e. The lowest BCUT2D eigenvalue weighted by Gasteiger charge is -2.44. The number of carbonyl (C=O) groups excluding carboxylic acids is 2. The molecule has 0 aromatic rings. The molecule has 0 saturated carbocycles. The predicted molar refractivity (Wildman–Crippen MR) is 171 cm³/mol. The van der Waals surface area contributed by atoms with Crippen LogP contribution < -0.4 is 0 Å². The topological polar surface area (TPSA) is 202 Å². The molecule has 0 bridgehead atoms. The summed E-state index contributed by atoms with van der Waals surface area (Å²) >= 11 is 0. The standard InChI is InChI=1S/C34H60O13/c1-3-5-7-8-9-10-11-12-13-14-15-16-18-20-26(36)44-22-24-28(38)30(40)32(42)34(46-24)47-33-31(41)29(39)27(37)23(45-33)21-43-25(35)19-17-6-4-2/h11-12,23-24,27-34,37-42H,3-10,13-22H2,1-2H3/b12-11-/t23-,24-,27-,28-,29+,30+,31-,32-,33-,34-/m1/s1. The molecule has 2 fully saturated rings. The normalized spacial score (nSPS) is 31.2. The molecule has 0 spiro atoms. The molecule has 2 aliphatic heterocycles. The number of ether oxygens (including phenoxy) is 5. The second-order valence-corrected chi connectivity index (χ2v) is 12.6. The van der Waals surface area contributed by atoms with Gasteiger partial charge < -0.3 is 54.3 Å². The first kappa shape index (κ1) is 41.5. The summed E-state index contributed by atoms with van der Waals surface area (Å²) in [7, 11) is 0. The molecule has 2 aliphatic rings. The molecule has 0 unspecified atom stereocenters. The van der Waals surface area contributed by atoms with E-state index in [2.05, 4.69) is 19.1 Å². The van der Waals surface area contributed by atoms with Crippen molar-refractivity contribution in [1.82, 2.24) is 0 Å². The Kier molecular flexibility index (Phi) is 20.9. The Morgan fingerprint density at radius 1 is 0.532 bits per heavy atom. The SMILES string of the molecule is CCCCCCC/C=C\CCCCCCC(=O)OC[C@H]1O[C@H](O[C@H]2O[C@H](COC(=O)CCCCC)[C@@H](O)[C@H](O)[C@H]2O)[C@H](O)[C@@H](O)[C@@H]1O. The molecular formula is C34H60O13. The average Bonchev–Trinajstić information content (AvgIpc) is 3.06. The number of unbranched alkanes of at least 4 members (excludes halogenated alkanes) is 11. The highest BCUT2D eigenvalue weighted by molar-refractivity contribution is 5.69. The number of rotatable bonds is 23. The van der Waals surface area contributed by atoms with Crippen LogP contribution in [0.1, 0.15) is 117 Å². The molecule has 13 heteroatoms. The molecule has 6 N–H and O–H groups in total. The van der Waals surface area contributed by atoms with E-state index in [0.717, 1.165) is 44.9 Å². The number of allylic oxidation sites excluding steroid dienone is 2. The van der Waals surface area contributed by atoms with Crippen LogP contribution in [0.5, 0.6) is 0 Å². The fourth-order valence-corrected chi connectivity index (χ4v) is 5.47. The van der Waals surface area contributed by atoms with Crippen LogP contribution in [0.3, 0.4) is 0 Å². The van der Waals surface area contributed by atoms with Crippen LogP contribution in [-0.4, -0.2) is 117 Å². The number of aliphatic hydroxyl groups excluding tert-OH is 6. The third-order valence-corrected chi connectivity index (χ3v) is 8.55. The van der Waals surface area contributed by atoms with Gasteiger partial charge in [-0.2, -0.15) is 0 Å². The highest BCUT2D eigenvalue weighted by atomic mass is 16.8. The Morgan fingerprint density at radius 3 is 1.36 bits per heavy atom. The highest BCUT2D eigenvalue weighted by Gasteiger charge is 2.50. The lowest BCUT2D eigenvalue weighted by atomic mass is 9.98. The Bertz CT molecular complexity index is 886. The van der Waals surface area contributed by atoms with Gasteiger partial charge in [-0.05, 0) is 38.5 Å². The van der Waals surface area contributed by atoms with Crippen molar-refractivity contribution in [2.45, 2.75) is 178 Å². The molecule has 0 aliphatic carbocycles. The van der Waals surface area contributed by atoms with E-state index in [1.807, 2.05) is 6.92 Å². The summed E-state index contributed by atoms with van der Waals surface area (Å²) in [5.41, 5.74) is 0. The quantitative estimate of drug-likeness (QED) is 0.0524. The summed E-state index contributed by atoms with van der Waals surface area (Å²) in [4.78, 5) is 24.3. The van der Waals surface area contributed by atoms with Crippen LogP contribution in [0.4, 0.5) is 0 Å². The zero-order valence-electron chi connectivity index (χ0n) is 28.2. The summed E-state index contributed by atoms with van der Waals surface area (Å²) in [6.07, 6.45) is 3.06. The minimum Gasteiger partial charge on any atom is -0.463 e. The van der Waals surface area contributed by atoms with Gasteiger partial charge in [-0.1, -0.05) is 77.4 Å². The van der Waals surface area contributed by atoms with Crippen molar-refractivity contribution in [3.8, 4) is 0 Å². The van der Waals surface area contributed by atoms with Gasteiger partial charge in [0.25, 0.3) is 0 Å². The first-order valence-corrected chi connectivity index (χ1v) is 17.6. The van der Waals surface area contributed by atoms with Crippen LogP contribution in [0, 0.1) is 0 Å². The minimum absolute atomic E-state index is 0.174. The van der Waals surface area contributed by atoms with Gasteiger partial charge in [-0.25, -0.2) is 0 Å². The van der Waals surface area contributed by atoms with E-state index in [4.69, 9.17) is 23.7 Å². The van der Waals surface area contributed by atoms with E-state index < -0.39 is 86.6 Å². The fourth-order valence-electron chi connectivity index (χ4n) is 5.47. The Balaban J connectivity index is 1.74. The summed E-state index contributed by atoms with van der Waals surface area (Å²) < 4.78 is 27.0. The monoisotopic (exact) mass is 676 g/mol. The van der Waals surface area contributed by atoms with E-state index in [1.54, 1.807) is 0 Å². The molecule has 2 heterocycles. The highest BCUT2D eigenvalue weighted by Crippen LogP contribution is 2.28. The van der Waals surface area contributed by atoms with Crippen molar-refractivity contribution in [3.63, 3.8) is 0 Å². The number of carbonyl (C=O) groups is 2. The molecule has 47 heavy (non-hydrogen) atoms. The van der Waals surface area contributed by atoms with Crippen LogP contribution in [0.15, 0.2) is 12.2 Å². The van der Waals surface area contributed by atoms with Crippen LogP contribution >= 0.6 is 0 Å². The van der Waals surface area contributed by atoms with Crippen molar-refractivity contribution in [2.24, 2.45) is 0 Å². The third-order valence-electron chi connectivity index (χ3n) is 8.55. The first-order valence-electron chi connectivity index (χ1n) is 17.6. The Labute approximate surface area is 279 Å². The van der Waals surface area contributed by atoms with Gasteiger partial charge >= 0.3 is 11.9 Å². The number of hydrogen-bond donors (Lipinski definition) is 6. The van der Waals surface area contributed by atoms with Crippen molar-refractivity contribution in [2.75, 3.05) is 13.2 Å². The summed E-state index contributed by atoms with van der Waals surface area (Å²) in [6, 6.07) is 0. The maximum atomic E-state index is 12.3. The number of aliphatic hydroxyl groups is 6. The van der Waals surface area contributed by atoms with Crippen LogP contribution in [-0.2, 0) is 33.3 Å². The van der Waals surface area contributed by atoms with Crippen LogP contribution in [0.25, 0.3) is 0 Å². The van der Waals surface area contributed by atoms with Gasteiger partial charge in [0, 0.05) is 12.8 Å². The van der Waals surface area contributed by atoms with Gasteiger partial charge in [0.15, 0.2) is 12.6 Å². The summed E-state index contributed by atoms with van der Waals surface area (Å²) in [5, 5.41) is 62.5. The average molecular weight is 677 g/mol. The molecule has 274 valence electrons. The Morgan fingerprint density at radius 2 is 0.915 bits per heavy atom.